The van der Waals surface area contributed by atoms with Crippen molar-refractivity contribution in [2.24, 2.45) is 0 Å². The molecule has 0 aliphatic rings. The van der Waals surface area contributed by atoms with Crippen LogP contribution in [0.25, 0.3) is 0 Å². The molecule has 83 valence electrons. The molecule has 0 saturated heterocycles. The van der Waals surface area contributed by atoms with Gasteiger partial charge in [-0.2, -0.15) is 8.42 Å². The molecule has 0 amide bonds. The van der Waals surface area contributed by atoms with Gasteiger partial charge in [-0.3, -0.25) is 4.55 Å². The molecular weight excluding hydrogens is 208 g/mol. The van der Waals surface area contributed by atoms with Crippen molar-refractivity contribution in [3.05, 3.63) is 18.8 Å². The molecular formula is C8H15O5S. The van der Waals surface area contributed by atoms with Crippen molar-refractivity contribution >= 4 is 10.1 Å². The second-order valence-corrected chi connectivity index (χ2v) is 4.57. The molecule has 0 aliphatic carbocycles. The van der Waals surface area contributed by atoms with Crippen LogP contribution in [-0.4, -0.2) is 28.1 Å². The molecule has 0 fully saturated rings. The smallest absolute Gasteiger partial charge is 0.298 e. The van der Waals surface area contributed by atoms with Crippen molar-refractivity contribution in [2.75, 3.05) is 0 Å². The molecule has 1 unspecified atom stereocenters. The summed E-state index contributed by atoms with van der Waals surface area (Å²) >= 11 is 0. The van der Waals surface area contributed by atoms with Gasteiger partial charge in [0, 0.05) is 6.42 Å². The highest BCUT2D eigenvalue weighted by atomic mass is 32.2. The maximum atomic E-state index is 10.8. The van der Waals surface area contributed by atoms with Gasteiger partial charge in [-0.25, -0.2) is 0 Å². The van der Waals surface area contributed by atoms with Gasteiger partial charge in [0.15, 0.2) is 0 Å². The molecule has 14 heavy (non-hydrogen) atoms. The van der Waals surface area contributed by atoms with Gasteiger partial charge >= 0.3 is 0 Å². The third-order valence-electron chi connectivity index (χ3n) is 1.79. The van der Waals surface area contributed by atoms with E-state index in [-0.39, 0.29) is 6.42 Å². The number of hydrogen-bond donors (Lipinski definition) is 3. The predicted molar refractivity (Wildman–Crippen MR) is 51.4 cm³/mol. The lowest BCUT2D eigenvalue weighted by Gasteiger charge is -2.27. The fraction of sp³-hybridized carbons (Fsp3) is 0.625. The minimum absolute atomic E-state index is 0.00410. The Balaban J connectivity index is 4.99. The van der Waals surface area contributed by atoms with Crippen LogP contribution in [-0.2, 0) is 10.1 Å². The van der Waals surface area contributed by atoms with E-state index in [0.717, 1.165) is 6.08 Å². The summed E-state index contributed by atoms with van der Waals surface area (Å²) in [6.07, 6.45) is 0.463. The molecule has 0 aromatic rings. The lowest BCUT2D eigenvalue weighted by Crippen LogP contribution is -2.43. The average molecular weight is 223 g/mol. The van der Waals surface area contributed by atoms with Crippen LogP contribution < -0.4 is 0 Å². The van der Waals surface area contributed by atoms with Crippen molar-refractivity contribution in [1.82, 2.24) is 0 Å². The van der Waals surface area contributed by atoms with Crippen molar-refractivity contribution in [3.63, 3.8) is 0 Å². The molecule has 3 N–H and O–H groups in total. The highest BCUT2D eigenvalue weighted by molar-refractivity contribution is 7.87. The summed E-state index contributed by atoms with van der Waals surface area (Å²) in [6.45, 7) is 4.94. The molecule has 0 spiro atoms. The fourth-order valence-corrected chi connectivity index (χ4v) is 1.73. The van der Waals surface area contributed by atoms with Gasteiger partial charge in [0.1, 0.15) is 6.10 Å². The lowest BCUT2D eigenvalue weighted by molar-refractivity contribution is 0.0486. The first-order valence-electron chi connectivity index (χ1n) is 4.15. The first kappa shape index (κ1) is 13.6. The summed E-state index contributed by atoms with van der Waals surface area (Å²) in [5, 5.41) is 18.9. The van der Waals surface area contributed by atoms with Gasteiger partial charge in [-0.05, 0) is 6.42 Å². The number of aliphatic hydroxyl groups excluding tert-OH is 1. The van der Waals surface area contributed by atoms with Crippen LogP contribution in [0.5, 0.6) is 0 Å². The molecule has 0 heterocycles. The topological polar surface area (TPSA) is 94.8 Å². The molecule has 1 atom stereocenters. The van der Waals surface area contributed by atoms with Crippen molar-refractivity contribution < 1.29 is 23.2 Å². The zero-order valence-electron chi connectivity index (χ0n) is 7.97. The second-order valence-electron chi connectivity index (χ2n) is 2.95. The van der Waals surface area contributed by atoms with Crippen LogP contribution in [0.2, 0.25) is 0 Å². The van der Waals surface area contributed by atoms with Gasteiger partial charge < -0.3 is 10.2 Å². The lowest BCUT2D eigenvalue weighted by atomic mass is 10.1. The Morgan fingerprint density at radius 2 is 2.07 bits per heavy atom. The molecule has 0 bridgehead atoms. The highest BCUT2D eigenvalue weighted by Crippen LogP contribution is 2.30. The first-order valence-corrected chi connectivity index (χ1v) is 5.59. The van der Waals surface area contributed by atoms with Crippen LogP contribution in [0, 0.1) is 6.10 Å². The Kier molecular flexibility index (Phi) is 4.73. The summed E-state index contributed by atoms with van der Waals surface area (Å²) in [7, 11) is -4.75. The Hall–Kier alpha value is -0.430. The zero-order chi connectivity index (χ0) is 11.4. The monoisotopic (exact) mass is 223 g/mol. The van der Waals surface area contributed by atoms with Crippen LogP contribution >= 0.6 is 0 Å². The van der Waals surface area contributed by atoms with E-state index >= 15 is 0 Å². The second kappa shape index (κ2) is 4.88. The summed E-state index contributed by atoms with van der Waals surface area (Å²) < 4.78 is 30.4. The Morgan fingerprint density at radius 3 is 2.36 bits per heavy atom. The van der Waals surface area contributed by atoms with E-state index in [1.807, 2.05) is 0 Å². The molecule has 6 heteroatoms. The largest absolute Gasteiger partial charge is 0.382 e. The molecule has 0 aliphatic heterocycles. The maximum absolute atomic E-state index is 10.8. The summed E-state index contributed by atoms with van der Waals surface area (Å²) in [5.74, 6) is 0. The quantitative estimate of drug-likeness (QED) is 0.458. The number of rotatable bonds is 6. The van der Waals surface area contributed by atoms with Gasteiger partial charge in [-0.1, -0.05) is 19.4 Å². The third kappa shape index (κ3) is 2.78. The third-order valence-corrected chi connectivity index (χ3v) is 3.04. The van der Waals surface area contributed by atoms with E-state index < -0.39 is 27.6 Å². The zero-order valence-corrected chi connectivity index (χ0v) is 8.79. The average Bonchev–Trinajstić information content (AvgIpc) is 2.03. The van der Waals surface area contributed by atoms with E-state index in [2.05, 4.69) is 6.58 Å². The minimum atomic E-state index is -4.75. The van der Waals surface area contributed by atoms with Crippen LogP contribution in [0.1, 0.15) is 26.2 Å². The number of aliphatic hydroxyl groups is 2. The van der Waals surface area contributed by atoms with E-state index in [1.54, 1.807) is 6.92 Å². The van der Waals surface area contributed by atoms with Gasteiger partial charge in [0.05, 0.1) is 0 Å². The Labute approximate surface area is 83.8 Å². The minimum Gasteiger partial charge on any atom is -0.382 e. The Morgan fingerprint density at radius 1 is 1.57 bits per heavy atom. The van der Waals surface area contributed by atoms with Crippen molar-refractivity contribution in [1.29, 1.82) is 0 Å². The van der Waals surface area contributed by atoms with Gasteiger partial charge in [0.25, 0.3) is 10.1 Å². The maximum Gasteiger partial charge on any atom is 0.298 e. The molecule has 5 nitrogen and oxygen atoms in total. The summed E-state index contributed by atoms with van der Waals surface area (Å²) in [6, 6.07) is 0. The SMILES string of the molecule is C=CCC(O)([C](O)CCC)S(=O)(=O)O. The molecule has 0 rings (SSSR count). The standard InChI is InChI=1S/C8H15O5S/c1-3-5-7(9)8(10,6-4-2)14(11,12)13/h4,9-10H,2-3,5-6H2,1H3,(H,11,12,13). The summed E-state index contributed by atoms with van der Waals surface area (Å²) in [5.41, 5.74) is 0. The van der Waals surface area contributed by atoms with Crippen molar-refractivity contribution in [2.45, 2.75) is 31.1 Å². The van der Waals surface area contributed by atoms with Crippen LogP contribution in [0.15, 0.2) is 12.7 Å². The first-order chi connectivity index (χ1) is 6.29. The molecule has 1 radical (unpaired) electrons. The molecule has 0 saturated carbocycles. The normalized spacial score (nSPS) is 16.6. The van der Waals surface area contributed by atoms with E-state index in [1.165, 1.54) is 0 Å². The van der Waals surface area contributed by atoms with Crippen LogP contribution in [0.3, 0.4) is 0 Å². The predicted octanol–water partition coefficient (Wildman–Crippen LogP) is 0.843. The Bertz CT molecular complexity index is 284. The van der Waals surface area contributed by atoms with Gasteiger partial charge in [-0.15, -0.1) is 6.58 Å². The molecule has 0 aromatic heterocycles. The number of hydrogen-bond acceptors (Lipinski definition) is 4. The van der Waals surface area contributed by atoms with Crippen molar-refractivity contribution in [3.8, 4) is 0 Å². The molecule has 0 aromatic carbocycles. The summed E-state index contributed by atoms with van der Waals surface area (Å²) in [4.78, 5) is -2.62. The fourth-order valence-electron chi connectivity index (χ4n) is 1.000. The van der Waals surface area contributed by atoms with E-state index in [9.17, 15) is 18.6 Å². The highest BCUT2D eigenvalue weighted by Gasteiger charge is 2.47. The van der Waals surface area contributed by atoms with E-state index in [4.69, 9.17) is 4.55 Å². The van der Waals surface area contributed by atoms with Gasteiger partial charge in [0.2, 0.25) is 4.93 Å². The van der Waals surface area contributed by atoms with Crippen LogP contribution in [0.4, 0.5) is 0 Å². The van der Waals surface area contributed by atoms with E-state index in [0.29, 0.717) is 6.42 Å².